The van der Waals surface area contributed by atoms with E-state index in [9.17, 15) is 9.59 Å². The Hall–Kier alpha value is -3.06. The van der Waals surface area contributed by atoms with Gasteiger partial charge >= 0.3 is 0 Å². The van der Waals surface area contributed by atoms with Crippen LogP contribution in [0.2, 0.25) is 18.1 Å². The molecule has 0 aromatic heterocycles. The summed E-state index contributed by atoms with van der Waals surface area (Å²) in [5.74, 6) is 0.133. The summed E-state index contributed by atoms with van der Waals surface area (Å²) in [5.41, 5.74) is 3.51. The SMILES string of the molecule is CC(C)(C)[Si](C)(C)O[C@@H]1CC(COCc2ccccc2)Oc2c1ccc1c2C(=O)c2ccccc2C1=O. The first-order valence-electron chi connectivity index (χ1n) is 12.9. The van der Waals surface area contributed by atoms with Crippen LogP contribution in [-0.4, -0.2) is 32.6 Å². The molecular formula is C31H34O5Si. The summed E-state index contributed by atoms with van der Waals surface area (Å²) in [5, 5.41) is 0.0176. The number of fused-ring (bicyclic) bond motifs is 4. The van der Waals surface area contributed by atoms with Crippen LogP contribution in [-0.2, 0) is 15.8 Å². The van der Waals surface area contributed by atoms with Gasteiger partial charge in [0.05, 0.1) is 24.9 Å². The van der Waals surface area contributed by atoms with Crippen molar-refractivity contribution in [2.75, 3.05) is 6.61 Å². The van der Waals surface area contributed by atoms with E-state index >= 15 is 0 Å². The van der Waals surface area contributed by atoms with Crippen LogP contribution in [0.1, 0.15) is 76.3 Å². The Kier molecular flexibility index (Phi) is 6.69. The molecule has 3 aromatic carbocycles. The quantitative estimate of drug-likeness (QED) is 0.262. The van der Waals surface area contributed by atoms with Crippen molar-refractivity contribution in [2.45, 2.75) is 64.1 Å². The Morgan fingerprint density at radius 1 is 0.865 bits per heavy atom. The van der Waals surface area contributed by atoms with Gasteiger partial charge in [-0.3, -0.25) is 9.59 Å². The highest BCUT2D eigenvalue weighted by molar-refractivity contribution is 6.74. The van der Waals surface area contributed by atoms with E-state index in [1.807, 2.05) is 36.4 Å². The minimum Gasteiger partial charge on any atom is -0.487 e. The van der Waals surface area contributed by atoms with E-state index in [2.05, 4.69) is 33.9 Å². The number of hydrogen-bond acceptors (Lipinski definition) is 5. The number of benzene rings is 3. The molecule has 1 unspecified atom stereocenters. The second-order valence-corrected chi connectivity index (χ2v) is 16.2. The fourth-order valence-electron chi connectivity index (χ4n) is 4.76. The number of carbonyl (C=O) groups is 2. The number of hydrogen-bond donors (Lipinski definition) is 0. The Balaban J connectivity index is 1.51. The molecule has 0 saturated carbocycles. The molecule has 0 N–H and O–H groups in total. The largest absolute Gasteiger partial charge is 0.487 e. The van der Waals surface area contributed by atoms with Gasteiger partial charge in [0.25, 0.3) is 0 Å². The van der Waals surface area contributed by atoms with E-state index in [-0.39, 0.29) is 28.8 Å². The third-order valence-corrected chi connectivity index (χ3v) is 12.3. The van der Waals surface area contributed by atoms with Crippen LogP contribution in [0.5, 0.6) is 5.75 Å². The van der Waals surface area contributed by atoms with Gasteiger partial charge in [-0.2, -0.15) is 0 Å². The molecule has 0 spiro atoms. The fourth-order valence-corrected chi connectivity index (χ4v) is 6.05. The van der Waals surface area contributed by atoms with Crippen molar-refractivity contribution in [3.8, 4) is 5.75 Å². The van der Waals surface area contributed by atoms with Crippen molar-refractivity contribution in [3.63, 3.8) is 0 Å². The van der Waals surface area contributed by atoms with Gasteiger partial charge < -0.3 is 13.9 Å². The molecular weight excluding hydrogens is 480 g/mol. The molecule has 37 heavy (non-hydrogen) atoms. The lowest BCUT2D eigenvalue weighted by Gasteiger charge is -2.42. The van der Waals surface area contributed by atoms with E-state index in [0.717, 1.165) is 11.1 Å². The molecule has 6 heteroatoms. The second kappa shape index (κ2) is 9.67. The van der Waals surface area contributed by atoms with Gasteiger partial charge in [-0.25, -0.2) is 0 Å². The summed E-state index contributed by atoms with van der Waals surface area (Å²) in [6, 6.07) is 20.7. The molecule has 0 amide bonds. The highest BCUT2D eigenvalue weighted by atomic mass is 28.4. The maximum Gasteiger partial charge on any atom is 0.198 e. The maximum atomic E-state index is 13.7. The van der Waals surface area contributed by atoms with Gasteiger partial charge in [-0.15, -0.1) is 0 Å². The molecule has 0 fully saturated rings. The predicted molar refractivity (Wildman–Crippen MR) is 146 cm³/mol. The monoisotopic (exact) mass is 514 g/mol. The summed E-state index contributed by atoms with van der Waals surface area (Å²) in [4.78, 5) is 27.0. The zero-order valence-electron chi connectivity index (χ0n) is 22.2. The van der Waals surface area contributed by atoms with E-state index in [0.29, 0.717) is 47.6 Å². The summed E-state index contributed by atoms with van der Waals surface area (Å²) in [6.45, 7) is 11.9. The van der Waals surface area contributed by atoms with Crippen molar-refractivity contribution >= 4 is 19.9 Å². The molecule has 3 aromatic rings. The Morgan fingerprint density at radius 3 is 2.19 bits per heavy atom. The lowest BCUT2D eigenvalue weighted by Crippen LogP contribution is -2.44. The second-order valence-electron chi connectivity index (χ2n) is 11.5. The molecule has 0 bridgehead atoms. The topological polar surface area (TPSA) is 61.8 Å². The van der Waals surface area contributed by atoms with Gasteiger partial charge in [-0.1, -0.05) is 81.4 Å². The van der Waals surface area contributed by atoms with Crippen molar-refractivity contribution < 1.29 is 23.5 Å². The molecule has 1 aliphatic carbocycles. The summed E-state index contributed by atoms with van der Waals surface area (Å²) in [7, 11) is -2.15. The van der Waals surface area contributed by atoms with Crippen LogP contribution in [0.3, 0.4) is 0 Å². The van der Waals surface area contributed by atoms with Gasteiger partial charge in [0.15, 0.2) is 19.9 Å². The molecule has 1 aliphatic heterocycles. The molecule has 0 saturated heterocycles. The van der Waals surface area contributed by atoms with Crippen LogP contribution in [0, 0.1) is 0 Å². The summed E-state index contributed by atoms with van der Waals surface area (Å²) in [6.07, 6.45) is 0.0594. The first-order valence-corrected chi connectivity index (χ1v) is 15.8. The number of ketones is 2. The van der Waals surface area contributed by atoms with Crippen LogP contribution >= 0.6 is 0 Å². The van der Waals surface area contributed by atoms with Crippen LogP contribution in [0.25, 0.3) is 0 Å². The van der Waals surface area contributed by atoms with Gasteiger partial charge in [0, 0.05) is 28.7 Å². The summed E-state index contributed by atoms with van der Waals surface area (Å²) < 4.78 is 19.4. The Bertz CT molecular complexity index is 1340. The van der Waals surface area contributed by atoms with Crippen molar-refractivity contribution in [1.29, 1.82) is 0 Å². The normalized spacial score (nSPS) is 19.1. The van der Waals surface area contributed by atoms with Crippen LogP contribution in [0.4, 0.5) is 0 Å². The molecule has 0 radical (unpaired) electrons. The smallest absolute Gasteiger partial charge is 0.198 e. The van der Waals surface area contributed by atoms with Gasteiger partial charge in [0.2, 0.25) is 0 Å². The lowest BCUT2D eigenvalue weighted by atomic mass is 9.81. The Labute approximate surface area is 219 Å². The molecule has 5 nitrogen and oxygen atoms in total. The highest BCUT2D eigenvalue weighted by Crippen LogP contribution is 2.47. The minimum atomic E-state index is -2.15. The number of rotatable bonds is 6. The van der Waals surface area contributed by atoms with Crippen molar-refractivity contribution in [2.24, 2.45) is 0 Å². The third kappa shape index (κ3) is 4.81. The van der Waals surface area contributed by atoms with Gasteiger partial charge in [-0.05, 0) is 29.8 Å². The van der Waals surface area contributed by atoms with E-state index in [1.165, 1.54) is 0 Å². The third-order valence-electron chi connectivity index (χ3n) is 7.84. The van der Waals surface area contributed by atoms with E-state index in [4.69, 9.17) is 13.9 Å². The summed E-state index contributed by atoms with van der Waals surface area (Å²) >= 11 is 0. The molecule has 5 rings (SSSR count). The number of carbonyl (C=O) groups excluding carboxylic acids is 2. The average molecular weight is 515 g/mol. The van der Waals surface area contributed by atoms with E-state index < -0.39 is 8.32 Å². The van der Waals surface area contributed by atoms with Crippen molar-refractivity contribution in [3.05, 3.63) is 100 Å². The molecule has 2 atom stereocenters. The lowest BCUT2D eigenvalue weighted by molar-refractivity contribution is 0.000589. The molecule has 192 valence electrons. The van der Waals surface area contributed by atoms with Gasteiger partial charge in [0.1, 0.15) is 11.9 Å². The molecule has 1 heterocycles. The number of ether oxygens (including phenoxy) is 2. The Morgan fingerprint density at radius 2 is 1.51 bits per heavy atom. The standard InChI is InChI=1S/C31H34O5Si/c1-31(2,3)37(4,5)36-26-17-21(19-34-18-20-11-7-6-8-12-20)35-30-24(26)15-16-25-27(30)29(33)23-14-10-9-13-22(23)28(25)32/h6-16,21,26H,17-19H2,1-5H3/t21?,26-/m1/s1. The van der Waals surface area contributed by atoms with Crippen molar-refractivity contribution in [1.82, 2.24) is 0 Å². The van der Waals surface area contributed by atoms with Crippen LogP contribution in [0.15, 0.2) is 66.7 Å². The van der Waals surface area contributed by atoms with Crippen LogP contribution < -0.4 is 4.74 Å². The fraction of sp³-hybridized carbons (Fsp3) is 0.355. The zero-order valence-corrected chi connectivity index (χ0v) is 23.2. The minimum absolute atomic E-state index is 0.0176. The molecule has 2 aliphatic rings. The average Bonchev–Trinajstić information content (AvgIpc) is 2.86. The first-order chi connectivity index (χ1) is 17.6. The van der Waals surface area contributed by atoms with E-state index in [1.54, 1.807) is 30.3 Å². The highest BCUT2D eigenvalue weighted by Gasteiger charge is 2.44. The predicted octanol–water partition coefficient (Wildman–Crippen LogP) is 6.89. The maximum absolute atomic E-state index is 13.7. The zero-order chi connectivity index (χ0) is 26.4. The first kappa shape index (κ1) is 25.6.